The standard InChI is InChI=1S/C13H21N3O2S/c1-13(2,3)16-19(17,18)15-11-6-7-12-10(9-11)5-4-8-14-12/h6-7,9,14-16H,4-5,8H2,1-3H3. The third-order valence-corrected chi connectivity index (χ3v) is 4.12. The minimum absolute atomic E-state index is 0.498. The molecule has 5 nitrogen and oxygen atoms in total. The third kappa shape index (κ3) is 4.11. The van der Waals surface area contributed by atoms with Gasteiger partial charge in [-0.2, -0.15) is 13.1 Å². The van der Waals surface area contributed by atoms with Crippen molar-refractivity contribution in [2.45, 2.75) is 39.2 Å². The fraction of sp³-hybridized carbons (Fsp3) is 0.538. The quantitative estimate of drug-likeness (QED) is 0.795. The minimum Gasteiger partial charge on any atom is -0.385 e. The molecule has 0 aromatic heterocycles. The molecule has 0 atom stereocenters. The summed E-state index contributed by atoms with van der Waals surface area (Å²) in [6, 6.07) is 5.59. The molecule has 1 aromatic rings. The lowest BCUT2D eigenvalue weighted by molar-refractivity contribution is 0.494. The summed E-state index contributed by atoms with van der Waals surface area (Å²) >= 11 is 0. The molecule has 0 fully saturated rings. The molecule has 0 radical (unpaired) electrons. The lowest BCUT2D eigenvalue weighted by atomic mass is 10.0. The predicted molar refractivity (Wildman–Crippen MR) is 78.7 cm³/mol. The van der Waals surface area contributed by atoms with Crippen molar-refractivity contribution < 1.29 is 8.42 Å². The van der Waals surface area contributed by atoms with E-state index in [-0.39, 0.29) is 0 Å². The van der Waals surface area contributed by atoms with Crippen LogP contribution < -0.4 is 14.8 Å². The van der Waals surface area contributed by atoms with Gasteiger partial charge >= 0.3 is 0 Å². The Hall–Kier alpha value is -1.27. The summed E-state index contributed by atoms with van der Waals surface area (Å²) in [4.78, 5) is 0. The van der Waals surface area contributed by atoms with Gasteiger partial charge in [-0.25, -0.2) is 0 Å². The van der Waals surface area contributed by atoms with Crippen LogP contribution in [0.5, 0.6) is 0 Å². The number of fused-ring (bicyclic) bond motifs is 1. The van der Waals surface area contributed by atoms with Gasteiger partial charge in [0.15, 0.2) is 0 Å². The van der Waals surface area contributed by atoms with Crippen LogP contribution in [0.2, 0.25) is 0 Å². The second-order valence-electron chi connectivity index (χ2n) is 5.86. The fourth-order valence-electron chi connectivity index (χ4n) is 2.12. The summed E-state index contributed by atoms with van der Waals surface area (Å²) in [6.45, 7) is 6.40. The molecule has 0 unspecified atom stereocenters. The van der Waals surface area contributed by atoms with Crippen LogP contribution in [0.25, 0.3) is 0 Å². The van der Waals surface area contributed by atoms with E-state index >= 15 is 0 Å². The largest absolute Gasteiger partial charge is 0.385 e. The van der Waals surface area contributed by atoms with Crippen LogP contribution in [0.4, 0.5) is 11.4 Å². The molecule has 0 saturated carbocycles. The van der Waals surface area contributed by atoms with Crippen LogP contribution in [-0.2, 0) is 16.6 Å². The zero-order chi connectivity index (χ0) is 14.1. The normalized spacial score (nSPS) is 15.5. The van der Waals surface area contributed by atoms with Gasteiger partial charge in [0.2, 0.25) is 0 Å². The highest BCUT2D eigenvalue weighted by Gasteiger charge is 2.20. The van der Waals surface area contributed by atoms with Crippen LogP contribution in [0.15, 0.2) is 18.2 Å². The molecular weight excluding hydrogens is 262 g/mol. The third-order valence-electron chi connectivity index (χ3n) is 2.74. The second-order valence-corrected chi connectivity index (χ2v) is 7.27. The SMILES string of the molecule is CC(C)(C)NS(=O)(=O)Nc1ccc2c(c1)CCCN2. The molecule has 0 spiro atoms. The van der Waals surface area contributed by atoms with E-state index in [1.807, 2.05) is 32.9 Å². The molecule has 2 rings (SSSR count). The van der Waals surface area contributed by atoms with Crippen LogP contribution >= 0.6 is 0 Å². The van der Waals surface area contributed by atoms with Gasteiger partial charge in [-0.05, 0) is 57.4 Å². The highest BCUT2D eigenvalue weighted by Crippen LogP contribution is 2.25. The molecule has 0 amide bonds. The van der Waals surface area contributed by atoms with Crippen molar-refractivity contribution >= 4 is 21.6 Å². The fourth-order valence-corrected chi connectivity index (χ4v) is 3.42. The summed E-state index contributed by atoms with van der Waals surface area (Å²) in [7, 11) is -3.54. The van der Waals surface area contributed by atoms with Gasteiger partial charge in [-0.3, -0.25) is 4.72 Å². The van der Waals surface area contributed by atoms with Crippen molar-refractivity contribution in [1.82, 2.24) is 4.72 Å². The molecule has 1 aliphatic heterocycles. The molecule has 0 bridgehead atoms. The first kappa shape index (κ1) is 14.1. The number of benzene rings is 1. The van der Waals surface area contributed by atoms with Crippen molar-refractivity contribution in [3.63, 3.8) is 0 Å². The van der Waals surface area contributed by atoms with Gasteiger partial charge in [0.1, 0.15) is 0 Å². The molecule has 3 N–H and O–H groups in total. The minimum atomic E-state index is -3.54. The molecule has 19 heavy (non-hydrogen) atoms. The molecule has 0 aliphatic carbocycles. The molecule has 1 aliphatic rings. The van der Waals surface area contributed by atoms with E-state index < -0.39 is 15.7 Å². The van der Waals surface area contributed by atoms with E-state index in [0.29, 0.717) is 5.69 Å². The van der Waals surface area contributed by atoms with E-state index in [4.69, 9.17) is 0 Å². The van der Waals surface area contributed by atoms with Gasteiger partial charge in [0.25, 0.3) is 10.2 Å². The summed E-state index contributed by atoms with van der Waals surface area (Å²) < 4.78 is 29.0. The molecule has 6 heteroatoms. The van der Waals surface area contributed by atoms with Crippen molar-refractivity contribution in [1.29, 1.82) is 0 Å². The zero-order valence-electron chi connectivity index (χ0n) is 11.6. The van der Waals surface area contributed by atoms with E-state index in [1.54, 1.807) is 6.07 Å². The number of aryl methyl sites for hydroxylation is 1. The number of nitrogens with one attached hydrogen (secondary N) is 3. The average molecular weight is 283 g/mol. The van der Waals surface area contributed by atoms with Crippen LogP contribution in [0.1, 0.15) is 32.8 Å². The number of anilines is 2. The molecule has 106 valence electrons. The maximum atomic E-state index is 11.9. The van der Waals surface area contributed by atoms with Gasteiger partial charge < -0.3 is 5.32 Å². The molecule has 0 saturated heterocycles. The van der Waals surface area contributed by atoms with Gasteiger partial charge in [-0.1, -0.05) is 0 Å². The van der Waals surface area contributed by atoms with Crippen molar-refractivity contribution in [2.24, 2.45) is 0 Å². The van der Waals surface area contributed by atoms with E-state index in [2.05, 4.69) is 14.8 Å². The van der Waals surface area contributed by atoms with Crippen molar-refractivity contribution in [2.75, 3.05) is 16.6 Å². The van der Waals surface area contributed by atoms with Gasteiger partial charge in [0, 0.05) is 17.8 Å². The Kier molecular flexibility index (Phi) is 3.73. The van der Waals surface area contributed by atoms with Crippen molar-refractivity contribution in [3.8, 4) is 0 Å². The lowest BCUT2D eigenvalue weighted by Crippen LogP contribution is -2.43. The Balaban J connectivity index is 2.15. The highest BCUT2D eigenvalue weighted by molar-refractivity contribution is 7.90. The van der Waals surface area contributed by atoms with Crippen LogP contribution in [0, 0.1) is 0 Å². The zero-order valence-corrected chi connectivity index (χ0v) is 12.4. The Bertz CT molecular complexity index is 562. The van der Waals surface area contributed by atoms with E-state index in [1.165, 1.54) is 0 Å². The molecule has 1 aromatic carbocycles. The number of hydrogen-bond acceptors (Lipinski definition) is 3. The first-order valence-electron chi connectivity index (χ1n) is 6.44. The van der Waals surface area contributed by atoms with Crippen molar-refractivity contribution in [3.05, 3.63) is 23.8 Å². The second kappa shape index (κ2) is 5.02. The molecular formula is C13H21N3O2S. The monoisotopic (exact) mass is 283 g/mol. The maximum absolute atomic E-state index is 11.9. The lowest BCUT2D eigenvalue weighted by Gasteiger charge is -2.22. The van der Waals surface area contributed by atoms with E-state index in [9.17, 15) is 8.42 Å². The van der Waals surface area contributed by atoms with Gasteiger partial charge in [-0.15, -0.1) is 0 Å². The Morgan fingerprint density at radius 2 is 2.00 bits per heavy atom. The first-order chi connectivity index (χ1) is 8.75. The average Bonchev–Trinajstić information content (AvgIpc) is 2.24. The van der Waals surface area contributed by atoms with Crippen LogP contribution in [0.3, 0.4) is 0 Å². The smallest absolute Gasteiger partial charge is 0.299 e. The Morgan fingerprint density at radius 3 is 2.68 bits per heavy atom. The van der Waals surface area contributed by atoms with Crippen LogP contribution in [-0.4, -0.2) is 20.5 Å². The first-order valence-corrected chi connectivity index (χ1v) is 7.92. The molecule has 1 heterocycles. The summed E-state index contributed by atoms with van der Waals surface area (Å²) in [5.41, 5.74) is 2.35. The topological polar surface area (TPSA) is 70.2 Å². The number of hydrogen-bond donors (Lipinski definition) is 3. The highest BCUT2D eigenvalue weighted by atomic mass is 32.2. The van der Waals surface area contributed by atoms with E-state index in [0.717, 1.165) is 30.6 Å². The Labute approximate surface area is 115 Å². The summed E-state index contributed by atoms with van der Waals surface area (Å²) in [6.07, 6.45) is 2.05. The maximum Gasteiger partial charge on any atom is 0.299 e. The summed E-state index contributed by atoms with van der Waals surface area (Å²) in [5.74, 6) is 0. The number of rotatable bonds is 3. The predicted octanol–water partition coefficient (Wildman–Crippen LogP) is 2.09. The summed E-state index contributed by atoms with van der Waals surface area (Å²) in [5, 5.41) is 3.30. The van der Waals surface area contributed by atoms with Gasteiger partial charge in [0.05, 0.1) is 5.69 Å². The Morgan fingerprint density at radius 1 is 1.26 bits per heavy atom.